The van der Waals surface area contributed by atoms with Crippen molar-refractivity contribution in [2.45, 2.75) is 56.5 Å². The van der Waals surface area contributed by atoms with Gasteiger partial charge in [-0.2, -0.15) is 0 Å². The summed E-state index contributed by atoms with van der Waals surface area (Å²) >= 11 is 0. The van der Waals surface area contributed by atoms with Crippen molar-refractivity contribution < 1.29 is 14.6 Å². The lowest BCUT2D eigenvalue weighted by molar-refractivity contribution is -0.169. The molecule has 3 aliphatic rings. The van der Waals surface area contributed by atoms with E-state index in [-0.39, 0.29) is 18.1 Å². The number of aliphatic hydroxyl groups is 1. The summed E-state index contributed by atoms with van der Waals surface area (Å²) in [5, 5.41) is 17.2. The highest BCUT2D eigenvalue weighted by Crippen LogP contribution is 2.38. The molecule has 0 radical (unpaired) electrons. The van der Waals surface area contributed by atoms with Crippen LogP contribution in [0.1, 0.15) is 47.7 Å². The second kappa shape index (κ2) is 7.93. The number of amides is 1. The van der Waals surface area contributed by atoms with Gasteiger partial charge in [-0.05, 0) is 62.2 Å². The van der Waals surface area contributed by atoms with Crippen molar-refractivity contribution in [1.82, 2.24) is 10.6 Å². The Labute approximate surface area is 183 Å². The predicted molar refractivity (Wildman–Crippen MR) is 120 cm³/mol. The number of anilines is 1. The average molecular weight is 422 g/mol. The minimum absolute atomic E-state index is 0.147. The number of hydrogen-bond donors (Lipinski definition) is 3. The number of nitrogens with one attached hydrogen (secondary N) is 2. The topological polar surface area (TPSA) is 73.8 Å². The van der Waals surface area contributed by atoms with Crippen molar-refractivity contribution in [2.75, 3.05) is 24.6 Å². The van der Waals surface area contributed by atoms with Crippen LogP contribution in [0.25, 0.3) is 0 Å². The van der Waals surface area contributed by atoms with E-state index in [4.69, 9.17) is 4.74 Å². The molecule has 2 atom stereocenters. The molecule has 0 bridgehead atoms. The number of carbonyl (C=O) groups excluding carboxylic acids is 1. The van der Waals surface area contributed by atoms with E-state index in [0.717, 1.165) is 44.7 Å². The third-order valence-corrected chi connectivity index (χ3v) is 7.20. The summed E-state index contributed by atoms with van der Waals surface area (Å²) in [6, 6.07) is 16.3. The number of aliphatic hydroxyl groups excluding tert-OH is 1. The van der Waals surface area contributed by atoms with Crippen molar-refractivity contribution >= 4 is 11.6 Å². The summed E-state index contributed by atoms with van der Waals surface area (Å²) < 4.78 is 6.07. The molecule has 0 unspecified atom stereocenters. The van der Waals surface area contributed by atoms with Gasteiger partial charge in [0, 0.05) is 30.8 Å². The largest absolute Gasteiger partial charge is 0.388 e. The van der Waals surface area contributed by atoms with E-state index < -0.39 is 11.6 Å². The average Bonchev–Trinajstić information content (AvgIpc) is 3.22. The number of nitrogens with zero attached hydrogens (tertiary/aromatic N) is 1. The Hall–Kier alpha value is -2.41. The van der Waals surface area contributed by atoms with Crippen LogP contribution >= 0.6 is 0 Å². The number of ether oxygens (including phenoxy) is 1. The standard InChI is InChI=1S/C25H31N3O3/c1-24(17-25(31-16-22(24)29)9-11-26-12-10-25)27-23(30)18-7-4-8-21(13-18)28-14-19-5-2-3-6-20(19)15-28/h2-8,13,22,26,29H,9-12,14-17H2,1H3,(H,27,30)/t22-,24-/m0/s1. The Kier molecular flexibility index (Phi) is 5.24. The third kappa shape index (κ3) is 3.95. The zero-order valence-corrected chi connectivity index (χ0v) is 18.1. The zero-order chi connectivity index (χ0) is 21.5. The third-order valence-electron chi connectivity index (χ3n) is 7.20. The van der Waals surface area contributed by atoms with Crippen LogP contribution in [0.15, 0.2) is 48.5 Å². The summed E-state index contributed by atoms with van der Waals surface area (Å²) in [4.78, 5) is 15.5. The van der Waals surface area contributed by atoms with Gasteiger partial charge in [0.1, 0.15) is 6.10 Å². The first-order chi connectivity index (χ1) is 15.0. The molecule has 3 aliphatic heterocycles. The molecule has 6 nitrogen and oxygen atoms in total. The van der Waals surface area contributed by atoms with Gasteiger partial charge in [0.2, 0.25) is 0 Å². The second-order valence-electron chi connectivity index (χ2n) is 9.48. The molecule has 0 aliphatic carbocycles. The molecular formula is C25H31N3O3. The van der Waals surface area contributed by atoms with E-state index in [0.29, 0.717) is 12.0 Å². The molecule has 164 valence electrons. The molecule has 2 aromatic rings. The van der Waals surface area contributed by atoms with Crippen molar-refractivity contribution in [1.29, 1.82) is 0 Å². The Morgan fingerprint density at radius 1 is 1.13 bits per heavy atom. The van der Waals surface area contributed by atoms with Crippen molar-refractivity contribution in [3.8, 4) is 0 Å². The first kappa shape index (κ1) is 20.5. The van der Waals surface area contributed by atoms with E-state index in [1.54, 1.807) is 0 Å². The van der Waals surface area contributed by atoms with Gasteiger partial charge in [0.15, 0.2) is 0 Å². The molecule has 1 amide bonds. The van der Waals surface area contributed by atoms with Gasteiger partial charge in [-0.3, -0.25) is 4.79 Å². The van der Waals surface area contributed by atoms with Crippen molar-refractivity contribution in [3.63, 3.8) is 0 Å². The second-order valence-corrected chi connectivity index (χ2v) is 9.48. The minimum Gasteiger partial charge on any atom is -0.388 e. The lowest BCUT2D eigenvalue weighted by atomic mass is 9.75. The number of rotatable bonds is 3. The molecule has 6 heteroatoms. The van der Waals surface area contributed by atoms with Crippen LogP contribution in [-0.4, -0.2) is 48.0 Å². The maximum atomic E-state index is 13.2. The quantitative estimate of drug-likeness (QED) is 0.711. The zero-order valence-electron chi connectivity index (χ0n) is 18.1. The van der Waals surface area contributed by atoms with Crippen LogP contribution in [-0.2, 0) is 17.8 Å². The first-order valence-corrected chi connectivity index (χ1v) is 11.2. The summed E-state index contributed by atoms with van der Waals surface area (Å²) in [7, 11) is 0. The smallest absolute Gasteiger partial charge is 0.251 e. The summed E-state index contributed by atoms with van der Waals surface area (Å²) in [6.07, 6.45) is 1.69. The Bertz CT molecular complexity index is 947. The number of benzene rings is 2. The Morgan fingerprint density at radius 2 is 1.84 bits per heavy atom. The van der Waals surface area contributed by atoms with Crippen molar-refractivity contribution in [2.24, 2.45) is 0 Å². The van der Waals surface area contributed by atoms with Gasteiger partial charge in [-0.25, -0.2) is 0 Å². The molecule has 3 N–H and O–H groups in total. The van der Waals surface area contributed by atoms with Crippen LogP contribution in [0.2, 0.25) is 0 Å². The van der Waals surface area contributed by atoms with Crippen LogP contribution in [0.3, 0.4) is 0 Å². The fourth-order valence-electron chi connectivity index (χ4n) is 5.30. The number of fused-ring (bicyclic) bond motifs is 1. The van der Waals surface area contributed by atoms with Crippen molar-refractivity contribution in [3.05, 3.63) is 65.2 Å². The molecule has 2 fully saturated rings. The molecule has 0 saturated carbocycles. The normalized spacial score (nSPS) is 27.2. The molecule has 2 saturated heterocycles. The van der Waals surface area contributed by atoms with Gasteiger partial charge in [-0.1, -0.05) is 30.3 Å². The number of piperidine rings is 1. The molecule has 3 heterocycles. The molecule has 31 heavy (non-hydrogen) atoms. The van der Waals surface area contributed by atoms with Gasteiger partial charge in [0.05, 0.1) is 17.7 Å². The van der Waals surface area contributed by atoms with E-state index in [1.807, 2.05) is 25.1 Å². The van der Waals surface area contributed by atoms with E-state index in [2.05, 4.69) is 45.9 Å². The number of carbonyl (C=O) groups is 1. The van der Waals surface area contributed by atoms with E-state index in [9.17, 15) is 9.90 Å². The maximum absolute atomic E-state index is 13.2. The SMILES string of the molecule is C[C@]1(NC(=O)c2cccc(N3Cc4ccccc4C3)c2)CC2(CCNCC2)OC[C@@H]1O. The molecule has 5 rings (SSSR count). The highest BCUT2D eigenvalue weighted by Gasteiger charge is 2.49. The summed E-state index contributed by atoms with van der Waals surface area (Å²) in [6.45, 7) is 5.71. The first-order valence-electron chi connectivity index (χ1n) is 11.2. The minimum atomic E-state index is -0.728. The molecule has 1 spiro atoms. The Balaban J connectivity index is 1.32. The van der Waals surface area contributed by atoms with Crippen LogP contribution in [0, 0.1) is 0 Å². The summed E-state index contributed by atoms with van der Waals surface area (Å²) in [5.41, 5.74) is 3.34. The van der Waals surface area contributed by atoms with Gasteiger partial charge < -0.3 is 25.4 Å². The maximum Gasteiger partial charge on any atom is 0.251 e. The van der Waals surface area contributed by atoms with Gasteiger partial charge >= 0.3 is 0 Å². The van der Waals surface area contributed by atoms with Crippen LogP contribution < -0.4 is 15.5 Å². The lowest BCUT2D eigenvalue weighted by Crippen LogP contribution is -2.65. The number of hydrogen-bond acceptors (Lipinski definition) is 5. The van der Waals surface area contributed by atoms with E-state index in [1.165, 1.54) is 11.1 Å². The van der Waals surface area contributed by atoms with Crippen LogP contribution in [0.5, 0.6) is 0 Å². The molecular weight excluding hydrogens is 390 g/mol. The summed E-state index contributed by atoms with van der Waals surface area (Å²) in [5.74, 6) is -0.147. The van der Waals surface area contributed by atoms with Gasteiger partial charge in [0.25, 0.3) is 5.91 Å². The fraction of sp³-hybridized carbons (Fsp3) is 0.480. The van der Waals surface area contributed by atoms with Crippen LogP contribution in [0.4, 0.5) is 5.69 Å². The Morgan fingerprint density at radius 3 is 2.55 bits per heavy atom. The highest BCUT2D eigenvalue weighted by molar-refractivity contribution is 5.95. The monoisotopic (exact) mass is 421 g/mol. The van der Waals surface area contributed by atoms with Gasteiger partial charge in [-0.15, -0.1) is 0 Å². The lowest BCUT2D eigenvalue weighted by Gasteiger charge is -2.50. The predicted octanol–water partition coefficient (Wildman–Crippen LogP) is 2.60. The van der Waals surface area contributed by atoms with E-state index >= 15 is 0 Å². The fourth-order valence-corrected chi connectivity index (χ4v) is 5.30. The molecule has 2 aromatic carbocycles. The molecule has 0 aromatic heterocycles. The highest BCUT2D eigenvalue weighted by atomic mass is 16.5.